The lowest BCUT2D eigenvalue weighted by Gasteiger charge is -2.19. The van der Waals surface area contributed by atoms with Gasteiger partial charge in [0.1, 0.15) is 30.7 Å². The van der Waals surface area contributed by atoms with Crippen LogP contribution >= 0.6 is 0 Å². The molecule has 0 bridgehead atoms. The van der Waals surface area contributed by atoms with E-state index in [-0.39, 0.29) is 6.04 Å². The summed E-state index contributed by atoms with van der Waals surface area (Å²) in [7, 11) is 0. The third-order valence-corrected chi connectivity index (χ3v) is 4.32. The molecule has 0 saturated carbocycles. The standard InChI is InChI=1S/C21H22N4O2/c1-14(16-6-4-3-5-7-16)22-20-13-21(24-15(2)23-20)25-17-8-9-18-19(12-17)27-11-10-26-18/h3-9,12-14H,10-11H2,1-2H3,(H2,22,23,24,25). The summed E-state index contributed by atoms with van der Waals surface area (Å²) in [6.07, 6.45) is 0. The van der Waals surface area contributed by atoms with E-state index in [1.54, 1.807) is 0 Å². The van der Waals surface area contributed by atoms with E-state index in [4.69, 9.17) is 9.47 Å². The second-order valence-corrected chi connectivity index (χ2v) is 6.45. The van der Waals surface area contributed by atoms with Crippen LogP contribution in [0.25, 0.3) is 0 Å². The summed E-state index contributed by atoms with van der Waals surface area (Å²) in [4.78, 5) is 8.99. The number of hydrogen-bond acceptors (Lipinski definition) is 6. The third kappa shape index (κ3) is 4.11. The molecule has 4 rings (SSSR count). The van der Waals surface area contributed by atoms with Crippen molar-refractivity contribution in [3.63, 3.8) is 0 Å². The molecule has 138 valence electrons. The molecule has 0 saturated heterocycles. The summed E-state index contributed by atoms with van der Waals surface area (Å²) in [6.45, 7) is 5.14. The third-order valence-electron chi connectivity index (χ3n) is 4.32. The van der Waals surface area contributed by atoms with Crippen LogP contribution in [0.1, 0.15) is 24.4 Å². The van der Waals surface area contributed by atoms with Crippen LogP contribution in [-0.4, -0.2) is 23.2 Å². The molecule has 1 aliphatic rings. The van der Waals surface area contributed by atoms with Crippen molar-refractivity contribution in [1.82, 2.24) is 9.97 Å². The average Bonchev–Trinajstić information content (AvgIpc) is 2.68. The van der Waals surface area contributed by atoms with Gasteiger partial charge >= 0.3 is 0 Å². The number of benzene rings is 2. The summed E-state index contributed by atoms with van der Waals surface area (Å²) < 4.78 is 11.2. The predicted octanol–water partition coefficient (Wildman–Crippen LogP) is 4.47. The van der Waals surface area contributed by atoms with Gasteiger partial charge in [-0.3, -0.25) is 0 Å². The number of nitrogens with zero attached hydrogens (tertiary/aromatic N) is 2. The number of fused-ring (bicyclic) bond motifs is 1. The smallest absolute Gasteiger partial charge is 0.163 e. The van der Waals surface area contributed by atoms with Crippen molar-refractivity contribution in [2.75, 3.05) is 23.8 Å². The summed E-state index contributed by atoms with van der Waals surface area (Å²) in [5.74, 6) is 3.71. The molecule has 0 amide bonds. The van der Waals surface area contributed by atoms with E-state index in [2.05, 4.69) is 39.7 Å². The van der Waals surface area contributed by atoms with Crippen molar-refractivity contribution in [3.8, 4) is 11.5 Å². The van der Waals surface area contributed by atoms with E-state index in [1.807, 2.05) is 49.4 Å². The highest BCUT2D eigenvalue weighted by molar-refractivity contribution is 5.63. The first-order chi connectivity index (χ1) is 13.2. The fraction of sp³-hybridized carbons (Fsp3) is 0.238. The maximum absolute atomic E-state index is 5.64. The van der Waals surface area contributed by atoms with Gasteiger partial charge in [0.15, 0.2) is 11.5 Å². The van der Waals surface area contributed by atoms with Crippen LogP contribution in [0.4, 0.5) is 17.3 Å². The number of ether oxygens (including phenoxy) is 2. The number of nitrogens with one attached hydrogen (secondary N) is 2. The Morgan fingerprint density at radius 2 is 1.63 bits per heavy atom. The van der Waals surface area contributed by atoms with E-state index in [0.29, 0.717) is 19.0 Å². The maximum atomic E-state index is 5.64. The van der Waals surface area contributed by atoms with Crippen molar-refractivity contribution in [1.29, 1.82) is 0 Å². The van der Waals surface area contributed by atoms with Gasteiger partial charge in [0.25, 0.3) is 0 Å². The van der Waals surface area contributed by atoms with E-state index in [9.17, 15) is 0 Å². The van der Waals surface area contributed by atoms with Crippen LogP contribution in [-0.2, 0) is 0 Å². The molecular weight excluding hydrogens is 340 g/mol. The van der Waals surface area contributed by atoms with Crippen LogP contribution in [0.3, 0.4) is 0 Å². The second-order valence-electron chi connectivity index (χ2n) is 6.45. The minimum absolute atomic E-state index is 0.141. The second kappa shape index (κ2) is 7.53. The zero-order valence-electron chi connectivity index (χ0n) is 15.4. The maximum Gasteiger partial charge on any atom is 0.163 e. The zero-order chi connectivity index (χ0) is 18.6. The van der Waals surface area contributed by atoms with Crippen molar-refractivity contribution in [3.05, 3.63) is 66.0 Å². The molecule has 6 nitrogen and oxygen atoms in total. The van der Waals surface area contributed by atoms with Gasteiger partial charge in [-0.15, -0.1) is 0 Å². The summed E-state index contributed by atoms with van der Waals surface area (Å²) in [5.41, 5.74) is 2.09. The number of hydrogen-bond donors (Lipinski definition) is 2. The molecule has 1 unspecified atom stereocenters. The first-order valence-corrected chi connectivity index (χ1v) is 9.01. The van der Waals surface area contributed by atoms with Crippen molar-refractivity contribution >= 4 is 17.3 Å². The van der Waals surface area contributed by atoms with E-state index in [1.165, 1.54) is 5.56 Å². The van der Waals surface area contributed by atoms with Gasteiger partial charge in [-0.1, -0.05) is 30.3 Å². The Kier molecular flexibility index (Phi) is 4.78. The number of aromatic nitrogens is 2. The molecule has 3 aromatic rings. The Morgan fingerprint density at radius 1 is 0.889 bits per heavy atom. The quantitative estimate of drug-likeness (QED) is 0.698. The topological polar surface area (TPSA) is 68.3 Å². The van der Waals surface area contributed by atoms with Crippen molar-refractivity contribution < 1.29 is 9.47 Å². The first kappa shape index (κ1) is 17.1. The van der Waals surface area contributed by atoms with Crippen LogP contribution in [0, 0.1) is 6.92 Å². The van der Waals surface area contributed by atoms with Crippen LogP contribution < -0.4 is 20.1 Å². The molecule has 27 heavy (non-hydrogen) atoms. The highest BCUT2D eigenvalue weighted by Crippen LogP contribution is 2.33. The normalized spacial score (nSPS) is 13.7. The number of aryl methyl sites for hydroxylation is 1. The van der Waals surface area contributed by atoms with Gasteiger partial charge in [-0.05, 0) is 31.5 Å². The monoisotopic (exact) mass is 362 g/mol. The SMILES string of the molecule is Cc1nc(Nc2ccc3c(c2)OCCO3)cc(NC(C)c2ccccc2)n1. The molecule has 0 fully saturated rings. The summed E-state index contributed by atoms with van der Waals surface area (Å²) in [5, 5.41) is 6.76. The summed E-state index contributed by atoms with van der Waals surface area (Å²) in [6, 6.07) is 18.1. The molecular formula is C21H22N4O2. The molecule has 6 heteroatoms. The summed E-state index contributed by atoms with van der Waals surface area (Å²) >= 11 is 0. The van der Waals surface area contributed by atoms with Gasteiger partial charge in [0, 0.05) is 23.9 Å². The Labute approximate surface area is 158 Å². The van der Waals surface area contributed by atoms with Crippen LogP contribution in [0.5, 0.6) is 11.5 Å². The predicted molar refractivity (Wildman–Crippen MR) is 106 cm³/mol. The minimum atomic E-state index is 0.141. The lowest BCUT2D eigenvalue weighted by atomic mass is 10.1. The van der Waals surface area contributed by atoms with Gasteiger partial charge in [-0.25, -0.2) is 9.97 Å². The number of rotatable bonds is 5. The molecule has 1 aromatic heterocycles. The molecule has 0 aliphatic carbocycles. The molecule has 2 heterocycles. The Morgan fingerprint density at radius 3 is 2.44 bits per heavy atom. The van der Waals surface area contributed by atoms with E-state index in [0.717, 1.165) is 28.8 Å². The molecule has 1 atom stereocenters. The largest absolute Gasteiger partial charge is 0.486 e. The lowest BCUT2D eigenvalue weighted by Crippen LogP contribution is -2.15. The minimum Gasteiger partial charge on any atom is -0.486 e. The first-order valence-electron chi connectivity index (χ1n) is 9.01. The molecule has 0 spiro atoms. The van der Waals surface area contributed by atoms with Crippen LogP contribution in [0.15, 0.2) is 54.6 Å². The molecule has 0 radical (unpaired) electrons. The zero-order valence-corrected chi connectivity index (χ0v) is 15.4. The van der Waals surface area contributed by atoms with Gasteiger partial charge in [0.2, 0.25) is 0 Å². The van der Waals surface area contributed by atoms with Crippen molar-refractivity contribution in [2.24, 2.45) is 0 Å². The fourth-order valence-electron chi connectivity index (χ4n) is 3.02. The van der Waals surface area contributed by atoms with Gasteiger partial charge in [-0.2, -0.15) is 0 Å². The van der Waals surface area contributed by atoms with E-state index < -0.39 is 0 Å². The Bertz CT molecular complexity index is 931. The highest BCUT2D eigenvalue weighted by atomic mass is 16.6. The average molecular weight is 362 g/mol. The fourth-order valence-corrected chi connectivity index (χ4v) is 3.02. The van der Waals surface area contributed by atoms with Crippen molar-refractivity contribution in [2.45, 2.75) is 19.9 Å². The van der Waals surface area contributed by atoms with Gasteiger partial charge < -0.3 is 20.1 Å². The lowest BCUT2D eigenvalue weighted by molar-refractivity contribution is 0.171. The van der Waals surface area contributed by atoms with Gasteiger partial charge in [0.05, 0.1) is 0 Å². The number of anilines is 3. The molecule has 2 aromatic carbocycles. The Balaban J connectivity index is 1.52. The Hall–Kier alpha value is -3.28. The highest BCUT2D eigenvalue weighted by Gasteiger charge is 2.13. The molecule has 2 N–H and O–H groups in total. The van der Waals surface area contributed by atoms with Crippen LogP contribution in [0.2, 0.25) is 0 Å². The van der Waals surface area contributed by atoms with E-state index >= 15 is 0 Å². The molecule has 1 aliphatic heterocycles.